The van der Waals surface area contributed by atoms with Crippen molar-refractivity contribution in [3.05, 3.63) is 78.5 Å². The van der Waals surface area contributed by atoms with Crippen molar-refractivity contribution in [2.75, 3.05) is 5.32 Å². The van der Waals surface area contributed by atoms with Gasteiger partial charge >= 0.3 is 0 Å². The molecule has 2 aromatic heterocycles. The van der Waals surface area contributed by atoms with Crippen molar-refractivity contribution >= 4 is 44.4 Å². The molecule has 132 valence electrons. The van der Waals surface area contributed by atoms with Crippen molar-refractivity contribution in [1.29, 1.82) is 0 Å². The van der Waals surface area contributed by atoms with Crippen molar-refractivity contribution in [2.45, 2.75) is 12.8 Å². The molecule has 0 aliphatic rings. The van der Waals surface area contributed by atoms with Gasteiger partial charge < -0.3 is 14.7 Å². The molecule has 2 N–H and O–H groups in total. The number of carbonyl (C=O) groups excluding carboxylic acids is 1. The van der Waals surface area contributed by atoms with E-state index in [-0.39, 0.29) is 5.91 Å². The summed E-state index contributed by atoms with van der Waals surface area (Å²) in [5, 5.41) is 6.26. The highest BCUT2D eigenvalue weighted by Gasteiger charge is 2.10. The fourth-order valence-electron chi connectivity index (χ4n) is 3.61. The van der Waals surface area contributed by atoms with E-state index in [2.05, 4.69) is 16.4 Å². The fraction of sp³-hybridized carbons (Fsp3) is 0.0870. The average Bonchev–Trinajstić information content (AvgIpc) is 3.27. The Hall–Kier alpha value is -3.53. The van der Waals surface area contributed by atoms with Crippen LogP contribution in [0.5, 0.6) is 0 Å². The van der Waals surface area contributed by atoms with E-state index in [9.17, 15) is 4.79 Å². The van der Waals surface area contributed by atoms with Crippen molar-refractivity contribution < 1.29 is 9.21 Å². The zero-order valence-corrected chi connectivity index (χ0v) is 14.7. The zero-order valence-electron chi connectivity index (χ0n) is 14.7. The van der Waals surface area contributed by atoms with Gasteiger partial charge in [-0.25, -0.2) is 0 Å². The highest BCUT2D eigenvalue weighted by molar-refractivity contribution is 6.06. The van der Waals surface area contributed by atoms with Crippen molar-refractivity contribution in [1.82, 2.24) is 4.98 Å². The predicted molar refractivity (Wildman–Crippen MR) is 109 cm³/mol. The summed E-state index contributed by atoms with van der Waals surface area (Å²) in [6.07, 6.45) is 3.13. The molecule has 5 aromatic rings. The smallest absolute Gasteiger partial charge is 0.224 e. The minimum atomic E-state index is 0.00688. The highest BCUT2D eigenvalue weighted by atomic mass is 16.3. The number of aryl methyl sites for hydroxylation is 1. The Bertz CT molecular complexity index is 1280. The molecule has 0 atom stereocenters. The Balaban J connectivity index is 1.33. The number of para-hydroxylation sites is 2. The van der Waals surface area contributed by atoms with Crippen LogP contribution in [0, 0.1) is 0 Å². The minimum absolute atomic E-state index is 0.00688. The third-order valence-electron chi connectivity index (χ3n) is 4.96. The molecule has 2 heterocycles. The van der Waals surface area contributed by atoms with Gasteiger partial charge in [0.1, 0.15) is 11.2 Å². The largest absolute Gasteiger partial charge is 0.456 e. The van der Waals surface area contributed by atoms with E-state index in [1.165, 1.54) is 5.39 Å². The number of furan rings is 1. The first-order valence-corrected chi connectivity index (χ1v) is 9.04. The topological polar surface area (TPSA) is 58.0 Å². The van der Waals surface area contributed by atoms with Crippen LogP contribution in [0.15, 0.2) is 77.3 Å². The normalized spacial score (nSPS) is 11.4. The average molecular weight is 354 g/mol. The van der Waals surface area contributed by atoms with Gasteiger partial charge in [0.2, 0.25) is 5.91 Å². The molecule has 0 unspecified atom stereocenters. The summed E-state index contributed by atoms with van der Waals surface area (Å²) in [5.74, 6) is 0.00688. The Morgan fingerprint density at radius 1 is 0.889 bits per heavy atom. The van der Waals surface area contributed by atoms with E-state index in [0.29, 0.717) is 12.8 Å². The molecule has 27 heavy (non-hydrogen) atoms. The zero-order chi connectivity index (χ0) is 18.2. The predicted octanol–water partition coefficient (Wildman–Crippen LogP) is 5.64. The minimum Gasteiger partial charge on any atom is -0.456 e. The van der Waals surface area contributed by atoms with Crippen molar-refractivity contribution in [2.24, 2.45) is 0 Å². The van der Waals surface area contributed by atoms with Gasteiger partial charge in [0.15, 0.2) is 0 Å². The summed E-state index contributed by atoms with van der Waals surface area (Å²) >= 11 is 0. The summed E-state index contributed by atoms with van der Waals surface area (Å²) in [7, 11) is 0. The quantitative estimate of drug-likeness (QED) is 0.439. The molecule has 4 nitrogen and oxygen atoms in total. The first kappa shape index (κ1) is 15.7. The van der Waals surface area contributed by atoms with Gasteiger partial charge in [-0.2, -0.15) is 0 Å². The van der Waals surface area contributed by atoms with Gasteiger partial charge in [-0.1, -0.05) is 36.4 Å². The molecule has 0 saturated carbocycles. The number of aromatic amines is 1. The number of nitrogens with one attached hydrogen (secondary N) is 2. The monoisotopic (exact) mass is 354 g/mol. The van der Waals surface area contributed by atoms with Crippen LogP contribution in [-0.4, -0.2) is 10.9 Å². The summed E-state index contributed by atoms with van der Waals surface area (Å²) in [6, 6.07) is 21.8. The first-order chi connectivity index (χ1) is 13.3. The maximum absolute atomic E-state index is 12.4. The number of hydrogen-bond acceptors (Lipinski definition) is 2. The van der Waals surface area contributed by atoms with E-state index in [4.69, 9.17) is 4.42 Å². The van der Waals surface area contributed by atoms with E-state index < -0.39 is 0 Å². The Morgan fingerprint density at radius 2 is 1.67 bits per heavy atom. The van der Waals surface area contributed by atoms with E-state index >= 15 is 0 Å². The number of anilines is 1. The Morgan fingerprint density at radius 3 is 2.59 bits per heavy atom. The van der Waals surface area contributed by atoms with Crippen LogP contribution in [0.25, 0.3) is 32.8 Å². The maximum atomic E-state index is 12.4. The SMILES string of the molecule is O=C(CCc1c[nH]c2ccccc12)Nc1ccc2oc3ccccc3c2c1. The highest BCUT2D eigenvalue weighted by Crippen LogP contribution is 2.30. The van der Waals surface area contributed by atoms with Crippen LogP contribution in [0.3, 0.4) is 0 Å². The number of H-pyrrole nitrogens is 1. The number of fused-ring (bicyclic) bond motifs is 4. The second-order valence-corrected chi connectivity index (χ2v) is 6.72. The second-order valence-electron chi connectivity index (χ2n) is 6.72. The lowest BCUT2D eigenvalue weighted by Crippen LogP contribution is -2.12. The van der Waals surface area contributed by atoms with Crippen molar-refractivity contribution in [3.63, 3.8) is 0 Å². The van der Waals surface area contributed by atoms with Gasteiger partial charge in [-0.3, -0.25) is 4.79 Å². The number of aromatic nitrogens is 1. The van der Waals surface area contributed by atoms with Gasteiger partial charge in [0.05, 0.1) is 0 Å². The molecule has 1 amide bonds. The summed E-state index contributed by atoms with van der Waals surface area (Å²) in [5.41, 5.74) is 4.74. The summed E-state index contributed by atoms with van der Waals surface area (Å²) < 4.78 is 5.83. The van der Waals surface area contributed by atoms with Crippen LogP contribution in [-0.2, 0) is 11.2 Å². The molecule has 0 spiro atoms. The lowest BCUT2D eigenvalue weighted by molar-refractivity contribution is -0.116. The second kappa shape index (κ2) is 6.32. The molecule has 5 rings (SSSR count). The van der Waals surface area contributed by atoms with Crippen LogP contribution >= 0.6 is 0 Å². The number of amides is 1. The van der Waals surface area contributed by atoms with E-state index in [1.54, 1.807) is 0 Å². The molecule has 0 saturated heterocycles. The molecule has 0 fully saturated rings. The van der Waals surface area contributed by atoms with Crippen LogP contribution < -0.4 is 5.32 Å². The van der Waals surface area contributed by atoms with E-state index in [1.807, 2.05) is 66.9 Å². The van der Waals surface area contributed by atoms with Gasteiger partial charge in [-0.15, -0.1) is 0 Å². The third-order valence-corrected chi connectivity index (χ3v) is 4.96. The van der Waals surface area contributed by atoms with Crippen molar-refractivity contribution in [3.8, 4) is 0 Å². The van der Waals surface area contributed by atoms with Gasteiger partial charge in [-0.05, 0) is 42.3 Å². The standard InChI is InChI=1S/C23H18N2O2/c26-23(12-9-15-14-24-20-7-3-1-5-17(15)20)25-16-10-11-22-19(13-16)18-6-2-4-8-21(18)27-22/h1-8,10-11,13-14,24H,9,12H2,(H,25,26). The first-order valence-electron chi connectivity index (χ1n) is 9.04. The van der Waals surface area contributed by atoms with E-state index in [0.717, 1.165) is 38.7 Å². The van der Waals surface area contributed by atoms with Crippen LogP contribution in [0.2, 0.25) is 0 Å². The maximum Gasteiger partial charge on any atom is 0.224 e. The van der Waals surface area contributed by atoms with Gasteiger partial charge in [0, 0.05) is 40.0 Å². The number of hydrogen-bond donors (Lipinski definition) is 2. The lowest BCUT2D eigenvalue weighted by atomic mass is 10.1. The Kier molecular flexibility index (Phi) is 3.68. The Labute approximate surface area is 155 Å². The molecule has 0 radical (unpaired) electrons. The lowest BCUT2D eigenvalue weighted by Gasteiger charge is -2.05. The van der Waals surface area contributed by atoms with Crippen LogP contribution in [0.1, 0.15) is 12.0 Å². The fourth-order valence-corrected chi connectivity index (χ4v) is 3.61. The molecular formula is C23H18N2O2. The number of rotatable bonds is 4. The third kappa shape index (κ3) is 2.85. The molecule has 0 aliphatic carbocycles. The molecule has 0 aliphatic heterocycles. The number of benzene rings is 3. The van der Waals surface area contributed by atoms with Crippen LogP contribution in [0.4, 0.5) is 5.69 Å². The number of carbonyl (C=O) groups is 1. The summed E-state index contributed by atoms with van der Waals surface area (Å²) in [4.78, 5) is 15.7. The molecule has 3 aromatic carbocycles. The molecule has 4 heteroatoms. The van der Waals surface area contributed by atoms with Gasteiger partial charge in [0.25, 0.3) is 0 Å². The molecule has 0 bridgehead atoms. The molecular weight excluding hydrogens is 336 g/mol. The summed E-state index contributed by atoms with van der Waals surface area (Å²) in [6.45, 7) is 0.